The molecule has 3 N–H and O–H groups in total. The highest BCUT2D eigenvalue weighted by Gasteiger charge is 2.25. The Morgan fingerprint density at radius 2 is 2.20 bits per heavy atom. The van der Waals surface area contributed by atoms with Gasteiger partial charge in [0.25, 0.3) is 0 Å². The molecule has 1 aliphatic heterocycles. The highest BCUT2D eigenvalue weighted by Crippen LogP contribution is 2.24. The first-order chi connectivity index (χ1) is 7.31. The summed E-state index contributed by atoms with van der Waals surface area (Å²) in [4.78, 5) is 10.8. The molecule has 2 aliphatic rings. The van der Waals surface area contributed by atoms with Gasteiger partial charge in [-0.05, 0) is 18.9 Å². The lowest BCUT2D eigenvalue weighted by Gasteiger charge is -2.37. The maximum Gasteiger partial charge on any atom is 0.224 e. The van der Waals surface area contributed by atoms with Gasteiger partial charge in [-0.1, -0.05) is 0 Å². The van der Waals surface area contributed by atoms with Gasteiger partial charge < -0.3 is 16.0 Å². The summed E-state index contributed by atoms with van der Waals surface area (Å²) in [7, 11) is 0. The molecule has 1 aliphatic carbocycles. The van der Waals surface area contributed by atoms with Crippen LogP contribution in [0.15, 0.2) is 12.3 Å². The predicted octanol–water partition coefficient (Wildman–Crippen LogP) is 0.198. The van der Waals surface area contributed by atoms with Gasteiger partial charge in [0, 0.05) is 31.4 Å². The molecule has 1 saturated heterocycles. The highest BCUT2D eigenvalue weighted by molar-refractivity contribution is 5.46. The maximum absolute atomic E-state index is 5.73. The number of anilines is 2. The third-order valence-electron chi connectivity index (χ3n) is 2.79. The van der Waals surface area contributed by atoms with Crippen molar-refractivity contribution in [3.63, 3.8) is 0 Å². The fourth-order valence-electron chi connectivity index (χ4n) is 1.70. The molecule has 0 spiro atoms. The van der Waals surface area contributed by atoms with Gasteiger partial charge >= 0.3 is 0 Å². The van der Waals surface area contributed by atoms with E-state index in [1.165, 1.54) is 12.8 Å². The minimum atomic E-state index is 0.305. The predicted molar refractivity (Wildman–Crippen MR) is 58.9 cm³/mol. The molecule has 2 fully saturated rings. The number of hydrogen-bond donors (Lipinski definition) is 2. The van der Waals surface area contributed by atoms with Crippen molar-refractivity contribution in [3.8, 4) is 0 Å². The largest absolute Gasteiger partial charge is 0.353 e. The van der Waals surface area contributed by atoms with Crippen LogP contribution in [0.3, 0.4) is 0 Å². The maximum atomic E-state index is 5.73. The third kappa shape index (κ3) is 1.87. The Hall–Kier alpha value is -1.36. The zero-order valence-corrected chi connectivity index (χ0v) is 8.56. The van der Waals surface area contributed by atoms with Crippen molar-refractivity contribution < 1.29 is 0 Å². The van der Waals surface area contributed by atoms with E-state index in [0.29, 0.717) is 12.1 Å². The van der Waals surface area contributed by atoms with Gasteiger partial charge in [-0.2, -0.15) is 4.98 Å². The molecule has 0 radical (unpaired) electrons. The number of nitrogens with zero attached hydrogens (tertiary/aromatic N) is 3. The molecule has 5 nitrogen and oxygen atoms in total. The molecule has 1 aromatic heterocycles. The molecular formula is C10H15N5. The minimum Gasteiger partial charge on any atom is -0.353 e. The van der Waals surface area contributed by atoms with Crippen LogP contribution in [0, 0.1) is 0 Å². The first-order valence-corrected chi connectivity index (χ1v) is 5.41. The van der Waals surface area contributed by atoms with Crippen molar-refractivity contribution in [1.29, 1.82) is 0 Å². The Morgan fingerprint density at radius 3 is 2.87 bits per heavy atom. The SMILES string of the molecule is NC1CN(c2ccnc(NC3CC3)n2)C1. The van der Waals surface area contributed by atoms with Gasteiger partial charge in [-0.3, -0.25) is 0 Å². The van der Waals surface area contributed by atoms with Crippen molar-refractivity contribution in [2.24, 2.45) is 5.73 Å². The van der Waals surface area contributed by atoms with Crippen molar-refractivity contribution in [2.45, 2.75) is 24.9 Å². The molecular weight excluding hydrogens is 190 g/mol. The molecule has 5 heteroatoms. The fraction of sp³-hybridized carbons (Fsp3) is 0.600. The number of nitrogens with one attached hydrogen (secondary N) is 1. The van der Waals surface area contributed by atoms with Gasteiger partial charge in [0.1, 0.15) is 5.82 Å². The molecule has 0 amide bonds. The number of rotatable bonds is 3. The van der Waals surface area contributed by atoms with Gasteiger partial charge in [0.05, 0.1) is 0 Å². The van der Waals surface area contributed by atoms with Gasteiger partial charge in [0.2, 0.25) is 5.95 Å². The van der Waals surface area contributed by atoms with Crippen LogP contribution in [0.25, 0.3) is 0 Å². The van der Waals surface area contributed by atoms with E-state index in [0.717, 1.165) is 24.9 Å². The van der Waals surface area contributed by atoms with Crippen LogP contribution in [0.4, 0.5) is 11.8 Å². The zero-order chi connectivity index (χ0) is 10.3. The van der Waals surface area contributed by atoms with Crippen LogP contribution in [-0.2, 0) is 0 Å². The van der Waals surface area contributed by atoms with E-state index in [9.17, 15) is 0 Å². The summed E-state index contributed by atoms with van der Waals surface area (Å²) in [6, 6.07) is 2.84. The number of hydrogen-bond acceptors (Lipinski definition) is 5. The topological polar surface area (TPSA) is 67.1 Å². The average molecular weight is 205 g/mol. The summed E-state index contributed by atoms with van der Waals surface area (Å²) in [6.45, 7) is 1.81. The van der Waals surface area contributed by atoms with Crippen LogP contribution in [-0.4, -0.2) is 35.1 Å². The molecule has 1 saturated carbocycles. The summed E-state index contributed by atoms with van der Waals surface area (Å²) in [5.74, 6) is 1.73. The lowest BCUT2D eigenvalue weighted by Crippen LogP contribution is -2.56. The van der Waals surface area contributed by atoms with Gasteiger partial charge in [-0.15, -0.1) is 0 Å². The Balaban J connectivity index is 1.71. The van der Waals surface area contributed by atoms with Crippen LogP contribution < -0.4 is 16.0 Å². The first-order valence-electron chi connectivity index (χ1n) is 5.41. The Kier molecular flexibility index (Phi) is 1.98. The first kappa shape index (κ1) is 8.91. The molecule has 0 aromatic carbocycles. The summed E-state index contributed by atoms with van der Waals surface area (Å²) < 4.78 is 0. The molecule has 15 heavy (non-hydrogen) atoms. The quantitative estimate of drug-likeness (QED) is 0.737. The minimum absolute atomic E-state index is 0.305. The Morgan fingerprint density at radius 1 is 1.40 bits per heavy atom. The molecule has 0 unspecified atom stereocenters. The second kappa shape index (κ2) is 3.34. The van der Waals surface area contributed by atoms with Gasteiger partial charge in [0.15, 0.2) is 0 Å². The fourth-order valence-corrected chi connectivity index (χ4v) is 1.70. The average Bonchev–Trinajstić information content (AvgIpc) is 2.97. The summed E-state index contributed by atoms with van der Waals surface area (Å²) in [5, 5.41) is 3.29. The number of nitrogens with two attached hydrogens (primary N) is 1. The van der Waals surface area contributed by atoms with Crippen molar-refractivity contribution in [1.82, 2.24) is 9.97 Å². The zero-order valence-electron chi connectivity index (χ0n) is 8.56. The number of aromatic nitrogens is 2. The lowest BCUT2D eigenvalue weighted by atomic mass is 10.1. The molecule has 1 aromatic rings. The summed E-state index contributed by atoms with van der Waals surface area (Å²) in [6.07, 6.45) is 4.28. The summed E-state index contributed by atoms with van der Waals surface area (Å²) >= 11 is 0. The van der Waals surface area contributed by atoms with E-state index < -0.39 is 0 Å². The van der Waals surface area contributed by atoms with Crippen molar-refractivity contribution in [3.05, 3.63) is 12.3 Å². The van der Waals surface area contributed by atoms with Crippen LogP contribution >= 0.6 is 0 Å². The van der Waals surface area contributed by atoms with E-state index in [4.69, 9.17) is 5.73 Å². The standard InChI is InChI=1S/C10H15N5/c11-7-5-15(6-7)9-3-4-12-10(14-9)13-8-1-2-8/h3-4,7-8H,1-2,5-6,11H2,(H,12,13,14). The normalized spacial score (nSPS) is 21.3. The molecule has 80 valence electrons. The van der Waals surface area contributed by atoms with E-state index in [-0.39, 0.29) is 0 Å². The van der Waals surface area contributed by atoms with Gasteiger partial charge in [-0.25, -0.2) is 4.98 Å². The Labute approximate surface area is 88.7 Å². The van der Waals surface area contributed by atoms with E-state index in [1.54, 1.807) is 6.20 Å². The molecule has 3 rings (SSSR count). The molecule has 0 atom stereocenters. The van der Waals surface area contributed by atoms with E-state index >= 15 is 0 Å². The second-order valence-electron chi connectivity index (χ2n) is 4.32. The molecule has 2 heterocycles. The summed E-state index contributed by atoms with van der Waals surface area (Å²) in [5.41, 5.74) is 5.73. The van der Waals surface area contributed by atoms with Crippen LogP contribution in [0.2, 0.25) is 0 Å². The Bertz CT molecular complexity index is 357. The van der Waals surface area contributed by atoms with Crippen molar-refractivity contribution >= 4 is 11.8 Å². The lowest BCUT2D eigenvalue weighted by molar-refractivity contribution is 0.514. The van der Waals surface area contributed by atoms with E-state index in [1.807, 2.05) is 6.07 Å². The van der Waals surface area contributed by atoms with Crippen LogP contribution in [0.1, 0.15) is 12.8 Å². The van der Waals surface area contributed by atoms with Crippen LogP contribution in [0.5, 0.6) is 0 Å². The molecule has 0 bridgehead atoms. The van der Waals surface area contributed by atoms with Crippen molar-refractivity contribution in [2.75, 3.05) is 23.3 Å². The second-order valence-corrected chi connectivity index (χ2v) is 4.32. The monoisotopic (exact) mass is 205 g/mol. The smallest absolute Gasteiger partial charge is 0.224 e. The highest BCUT2D eigenvalue weighted by atomic mass is 15.3. The van der Waals surface area contributed by atoms with E-state index in [2.05, 4.69) is 20.2 Å². The third-order valence-corrected chi connectivity index (χ3v) is 2.79.